The summed E-state index contributed by atoms with van der Waals surface area (Å²) in [5, 5.41) is 21.9. The number of hydrogen-bond acceptors (Lipinski definition) is 16. The number of carboxylic acid groups (broad SMARTS) is 1. The highest BCUT2D eigenvalue weighted by molar-refractivity contribution is 6.01. The summed E-state index contributed by atoms with van der Waals surface area (Å²) in [6.45, 7) is 3.00. The number of nitrogens with zero attached hydrogens (tertiary/aromatic N) is 3. The van der Waals surface area contributed by atoms with Crippen LogP contribution in [0.1, 0.15) is 187 Å². The highest BCUT2D eigenvalue weighted by atomic mass is 16.7. The van der Waals surface area contributed by atoms with Gasteiger partial charge in [-0.05, 0) is 57.8 Å². The molecule has 1 aliphatic heterocycles. The van der Waals surface area contributed by atoms with E-state index in [9.17, 15) is 43.2 Å². The molecule has 5 fully saturated rings. The Morgan fingerprint density at radius 1 is 0.621 bits per heavy atom. The molecule has 0 aromatic carbocycles. The molecule has 0 radical (unpaired) electrons. The van der Waals surface area contributed by atoms with E-state index in [1.165, 1.54) is 53.8 Å². The minimum atomic E-state index is -1.22. The summed E-state index contributed by atoms with van der Waals surface area (Å²) in [6, 6.07) is 0. The fraction of sp³-hybridized carbons (Fsp3) is 0.792. The molecule has 0 spiro atoms. The number of aromatic amines is 1. The van der Waals surface area contributed by atoms with Crippen molar-refractivity contribution in [3.05, 3.63) is 5.82 Å². The van der Waals surface area contributed by atoms with Crippen LogP contribution in [0.15, 0.2) is 0 Å². The number of aryl methyl sites for hydroxylation is 1. The molecule has 0 amide bonds. The third kappa shape index (κ3) is 20.3. The minimum Gasteiger partial charge on any atom is -0.481 e. The number of carbonyl (C=O) groups is 9. The maximum absolute atomic E-state index is 12.1. The SMILES string of the molecule is CC1(C)OC(=O)C(CC(=O)C2CCCCC2)C(=O)O1.COC(=O)C(CC(=O)C1CCCCC1)C(=O)OC.O=C(CCc1nn[nH]n1)C1CCCCC1.O=C(O)CCCC(=O)C1CCCCC1. The molecule has 1 aromatic rings. The van der Waals surface area contributed by atoms with Crippen molar-refractivity contribution in [2.24, 2.45) is 35.5 Å². The molecule has 2 N–H and O–H groups in total. The molecule has 2 heterocycles. The van der Waals surface area contributed by atoms with Crippen molar-refractivity contribution >= 4 is 53.0 Å². The average Bonchev–Trinajstić information content (AvgIpc) is 3.86. The first-order chi connectivity index (χ1) is 31.5. The summed E-state index contributed by atoms with van der Waals surface area (Å²) in [5.41, 5.74) is 0. The van der Waals surface area contributed by atoms with Gasteiger partial charge < -0.3 is 24.1 Å². The van der Waals surface area contributed by atoms with Gasteiger partial charge in [0.1, 0.15) is 23.1 Å². The number of esters is 4. The smallest absolute Gasteiger partial charge is 0.324 e. The zero-order chi connectivity index (χ0) is 48.5. The van der Waals surface area contributed by atoms with Gasteiger partial charge in [0.25, 0.3) is 5.79 Å². The van der Waals surface area contributed by atoms with E-state index in [2.05, 4.69) is 30.1 Å². The topological polar surface area (TPSA) is 265 Å². The number of nitrogens with one attached hydrogen (secondary N) is 1. The Morgan fingerprint density at radius 3 is 1.42 bits per heavy atom. The molecule has 66 heavy (non-hydrogen) atoms. The lowest BCUT2D eigenvalue weighted by Gasteiger charge is -2.33. The largest absolute Gasteiger partial charge is 0.481 e. The number of aliphatic carboxylic acids is 1. The van der Waals surface area contributed by atoms with Gasteiger partial charge in [-0.2, -0.15) is 5.21 Å². The number of hydrogen-bond donors (Lipinski definition) is 2. The number of aromatic nitrogens is 4. The minimum absolute atomic E-state index is 0.00992. The van der Waals surface area contributed by atoms with Crippen LogP contribution in [0.5, 0.6) is 0 Å². The number of methoxy groups -OCH3 is 2. The van der Waals surface area contributed by atoms with Crippen molar-refractivity contribution in [1.29, 1.82) is 0 Å². The van der Waals surface area contributed by atoms with Crippen molar-refractivity contribution in [1.82, 2.24) is 20.6 Å². The second-order valence-corrected chi connectivity index (χ2v) is 18.6. The second kappa shape index (κ2) is 29.7. The quantitative estimate of drug-likeness (QED) is 0.0893. The Morgan fingerprint density at radius 2 is 1.03 bits per heavy atom. The molecule has 1 saturated heterocycles. The number of carbonyl (C=O) groups excluding carboxylic acids is 8. The molecular weight excluding hydrogens is 857 g/mol. The highest BCUT2D eigenvalue weighted by Crippen LogP contribution is 2.31. The Kier molecular flexibility index (Phi) is 24.9. The lowest BCUT2D eigenvalue weighted by Crippen LogP contribution is -2.47. The molecule has 18 heteroatoms. The maximum atomic E-state index is 12.1. The zero-order valence-electron chi connectivity index (χ0n) is 39.7. The predicted octanol–water partition coefficient (Wildman–Crippen LogP) is 7.14. The molecule has 4 saturated carbocycles. The third-order valence-corrected chi connectivity index (χ3v) is 13.1. The first-order valence-electron chi connectivity index (χ1n) is 24.2. The Labute approximate surface area is 388 Å². The summed E-state index contributed by atoms with van der Waals surface area (Å²) in [7, 11) is 2.40. The number of Topliss-reactive ketones (excluding diaryl/α,β-unsaturated/α-hetero) is 4. The Hall–Kier alpha value is -4.90. The van der Waals surface area contributed by atoms with E-state index in [4.69, 9.17) is 14.6 Å². The van der Waals surface area contributed by atoms with Crippen LogP contribution in [0.2, 0.25) is 0 Å². The van der Waals surface area contributed by atoms with Crippen LogP contribution in [-0.2, 0) is 68.5 Å². The fourth-order valence-electron chi connectivity index (χ4n) is 9.24. The number of tetrazole rings is 1. The fourth-order valence-corrected chi connectivity index (χ4v) is 9.24. The van der Waals surface area contributed by atoms with Crippen molar-refractivity contribution < 1.29 is 67.2 Å². The van der Waals surface area contributed by atoms with Gasteiger partial charge in [-0.3, -0.25) is 43.2 Å². The van der Waals surface area contributed by atoms with Gasteiger partial charge in [-0.1, -0.05) is 82.3 Å². The summed E-state index contributed by atoms with van der Waals surface area (Å²) in [4.78, 5) is 104. The molecule has 370 valence electrons. The number of rotatable bonds is 17. The standard InChI is InChI=1S/C14H20O5.C13H20O5.C11H18O3.C10H16N4O/c1-14(2)18-12(16)10(13(17)19-14)8-11(15)9-6-4-3-5-7-9;1-17-12(15)10(13(16)18-2)8-11(14)9-6-4-3-5-7-9;12-10(7-4-8-11(13)14)9-5-2-1-3-6-9;15-9(8-4-2-1-3-5-8)6-7-10-11-13-14-12-10/h9-10H,3-8H2,1-2H3;9-10H,3-8H2,1-2H3;9H,1-8H2,(H,13,14);8H,1-7H2,(H,11,12,13,14). The first-order valence-corrected chi connectivity index (χ1v) is 24.2. The van der Waals surface area contributed by atoms with Crippen LogP contribution in [-0.4, -0.2) is 98.7 Å². The van der Waals surface area contributed by atoms with E-state index < -0.39 is 47.5 Å². The summed E-state index contributed by atoms with van der Waals surface area (Å²) >= 11 is 0. The van der Waals surface area contributed by atoms with Crippen molar-refractivity contribution in [3.8, 4) is 0 Å². The van der Waals surface area contributed by atoms with E-state index in [0.29, 0.717) is 43.2 Å². The van der Waals surface area contributed by atoms with E-state index in [1.54, 1.807) is 0 Å². The Balaban J connectivity index is 0.000000235. The van der Waals surface area contributed by atoms with Gasteiger partial charge in [-0.25, -0.2) is 0 Å². The molecule has 0 bridgehead atoms. The van der Waals surface area contributed by atoms with E-state index in [0.717, 1.165) is 103 Å². The van der Waals surface area contributed by atoms with Gasteiger partial charge in [-0.15, -0.1) is 10.2 Å². The van der Waals surface area contributed by atoms with Gasteiger partial charge in [0, 0.05) is 76.0 Å². The molecule has 1 aromatic heterocycles. The monoisotopic (exact) mass is 931 g/mol. The first kappa shape index (κ1) is 55.4. The summed E-state index contributed by atoms with van der Waals surface area (Å²) in [6.07, 6.45) is 23.4. The number of cyclic esters (lactones) is 2. The van der Waals surface area contributed by atoms with E-state index >= 15 is 0 Å². The molecule has 0 unspecified atom stereocenters. The predicted molar refractivity (Wildman–Crippen MR) is 237 cm³/mol. The lowest BCUT2D eigenvalue weighted by atomic mass is 9.83. The van der Waals surface area contributed by atoms with Gasteiger partial charge in [0.2, 0.25) is 0 Å². The summed E-state index contributed by atoms with van der Waals surface area (Å²) < 4.78 is 19.1. The second-order valence-electron chi connectivity index (χ2n) is 18.6. The normalized spacial score (nSPS) is 19.5. The number of H-pyrrole nitrogens is 1. The van der Waals surface area contributed by atoms with E-state index in [1.807, 2.05) is 0 Å². The van der Waals surface area contributed by atoms with Crippen LogP contribution in [0.3, 0.4) is 0 Å². The molecule has 18 nitrogen and oxygen atoms in total. The summed E-state index contributed by atoms with van der Waals surface area (Å²) in [5.74, 6) is -5.17. The number of ketones is 4. The molecular formula is C48H74N4O14. The number of carboxylic acids is 1. The van der Waals surface area contributed by atoms with Crippen LogP contribution in [0, 0.1) is 35.5 Å². The molecule has 0 atom stereocenters. The van der Waals surface area contributed by atoms with Crippen LogP contribution < -0.4 is 0 Å². The number of ether oxygens (including phenoxy) is 4. The van der Waals surface area contributed by atoms with E-state index in [-0.39, 0.29) is 54.4 Å². The van der Waals surface area contributed by atoms with Crippen molar-refractivity contribution in [2.45, 2.75) is 193 Å². The molecule has 5 aliphatic rings. The Bertz CT molecular complexity index is 1690. The van der Waals surface area contributed by atoms with Crippen LogP contribution in [0.25, 0.3) is 0 Å². The van der Waals surface area contributed by atoms with Crippen molar-refractivity contribution in [2.75, 3.05) is 14.2 Å². The zero-order valence-corrected chi connectivity index (χ0v) is 39.7. The van der Waals surface area contributed by atoms with Crippen LogP contribution >= 0.6 is 0 Å². The van der Waals surface area contributed by atoms with Crippen LogP contribution in [0.4, 0.5) is 0 Å². The van der Waals surface area contributed by atoms with Crippen molar-refractivity contribution in [3.63, 3.8) is 0 Å². The lowest BCUT2D eigenvalue weighted by molar-refractivity contribution is -0.240. The molecule has 6 rings (SSSR count). The maximum Gasteiger partial charge on any atom is 0.324 e. The average molecular weight is 931 g/mol. The third-order valence-electron chi connectivity index (χ3n) is 13.1. The molecule has 4 aliphatic carbocycles. The van der Waals surface area contributed by atoms with Gasteiger partial charge in [0.15, 0.2) is 17.7 Å². The van der Waals surface area contributed by atoms with Gasteiger partial charge >= 0.3 is 29.8 Å². The highest BCUT2D eigenvalue weighted by Gasteiger charge is 2.44. The van der Waals surface area contributed by atoms with Gasteiger partial charge in [0.05, 0.1) is 14.2 Å².